The van der Waals surface area contributed by atoms with E-state index in [0.29, 0.717) is 12.2 Å². The molecule has 24 heavy (non-hydrogen) atoms. The molecule has 1 aromatic carbocycles. The van der Waals surface area contributed by atoms with E-state index in [1.54, 1.807) is 12.1 Å². The van der Waals surface area contributed by atoms with Crippen molar-refractivity contribution >= 4 is 21.6 Å². The molecule has 1 saturated heterocycles. The average molecular weight is 353 g/mol. The summed E-state index contributed by atoms with van der Waals surface area (Å²) in [5.41, 5.74) is 0.611. The maximum atomic E-state index is 12.2. The molecule has 0 bridgehead atoms. The smallest absolute Gasteiger partial charge is 0.240 e. The van der Waals surface area contributed by atoms with Crippen molar-refractivity contribution in [1.82, 2.24) is 9.62 Å². The van der Waals surface area contributed by atoms with Crippen molar-refractivity contribution in [2.24, 2.45) is 0 Å². The van der Waals surface area contributed by atoms with Gasteiger partial charge in [-0.25, -0.2) is 13.1 Å². The topological polar surface area (TPSA) is 78.5 Å². The quantitative estimate of drug-likeness (QED) is 0.788. The molecule has 0 aromatic heterocycles. The number of piperidine rings is 1. The highest BCUT2D eigenvalue weighted by atomic mass is 32.2. The van der Waals surface area contributed by atoms with Crippen LogP contribution < -0.4 is 10.0 Å². The third kappa shape index (κ3) is 5.58. The number of carbonyl (C=O) groups is 1. The van der Waals surface area contributed by atoms with Crippen LogP contribution in [0.15, 0.2) is 29.2 Å². The van der Waals surface area contributed by atoms with Crippen LogP contribution in [0, 0.1) is 0 Å². The van der Waals surface area contributed by atoms with Crippen LogP contribution in [0.25, 0.3) is 0 Å². The van der Waals surface area contributed by atoms with Gasteiger partial charge in [-0.15, -0.1) is 0 Å². The van der Waals surface area contributed by atoms with Crippen molar-refractivity contribution < 1.29 is 13.2 Å². The Balaban J connectivity index is 1.92. The number of sulfonamides is 1. The molecule has 7 heteroatoms. The van der Waals surface area contributed by atoms with E-state index >= 15 is 0 Å². The Bertz CT molecular complexity index is 638. The second-order valence-corrected chi connectivity index (χ2v) is 8.05. The summed E-state index contributed by atoms with van der Waals surface area (Å²) >= 11 is 0. The molecule has 0 unspecified atom stereocenters. The number of hydrogen-bond donors (Lipinski definition) is 2. The lowest BCUT2D eigenvalue weighted by Crippen LogP contribution is -2.36. The lowest BCUT2D eigenvalue weighted by Gasteiger charge is -2.25. The Labute approximate surface area is 144 Å². The molecule has 1 fully saturated rings. The number of benzene rings is 1. The van der Waals surface area contributed by atoms with Gasteiger partial charge in [-0.3, -0.25) is 9.69 Å². The van der Waals surface area contributed by atoms with Crippen molar-refractivity contribution in [3.05, 3.63) is 24.3 Å². The summed E-state index contributed by atoms with van der Waals surface area (Å²) in [6, 6.07) is 6.17. The Kier molecular flexibility index (Phi) is 6.77. The monoisotopic (exact) mass is 353 g/mol. The van der Waals surface area contributed by atoms with Gasteiger partial charge >= 0.3 is 0 Å². The Morgan fingerprint density at radius 2 is 1.79 bits per heavy atom. The van der Waals surface area contributed by atoms with E-state index in [9.17, 15) is 13.2 Å². The number of hydrogen-bond acceptors (Lipinski definition) is 4. The lowest BCUT2D eigenvalue weighted by atomic mass is 10.1. The highest BCUT2D eigenvalue weighted by Crippen LogP contribution is 2.15. The zero-order chi connectivity index (χ0) is 17.6. The van der Waals surface area contributed by atoms with Crippen LogP contribution in [0.3, 0.4) is 0 Å². The maximum Gasteiger partial charge on any atom is 0.240 e. The molecule has 134 valence electrons. The van der Waals surface area contributed by atoms with Gasteiger partial charge in [-0.2, -0.15) is 0 Å². The molecule has 0 aliphatic carbocycles. The van der Waals surface area contributed by atoms with E-state index in [-0.39, 0.29) is 16.8 Å². The summed E-state index contributed by atoms with van der Waals surface area (Å²) in [5, 5.41) is 2.82. The molecule has 1 aliphatic heterocycles. The molecule has 1 amide bonds. The highest BCUT2D eigenvalue weighted by Gasteiger charge is 2.17. The van der Waals surface area contributed by atoms with Crippen LogP contribution in [0.5, 0.6) is 0 Å². The van der Waals surface area contributed by atoms with Crippen LogP contribution in [0.4, 0.5) is 5.69 Å². The van der Waals surface area contributed by atoms with E-state index < -0.39 is 10.0 Å². The van der Waals surface area contributed by atoms with Gasteiger partial charge in [0.05, 0.1) is 11.4 Å². The van der Waals surface area contributed by atoms with Gasteiger partial charge < -0.3 is 5.32 Å². The van der Waals surface area contributed by atoms with E-state index in [0.717, 1.165) is 32.4 Å². The molecule has 0 radical (unpaired) electrons. The second-order valence-electron chi connectivity index (χ2n) is 6.34. The Morgan fingerprint density at radius 3 is 2.38 bits per heavy atom. The molecule has 6 nitrogen and oxygen atoms in total. The zero-order valence-corrected chi connectivity index (χ0v) is 15.2. The fourth-order valence-corrected chi connectivity index (χ4v) is 3.98. The molecule has 1 atom stereocenters. The fraction of sp³-hybridized carbons (Fsp3) is 0.588. The van der Waals surface area contributed by atoms with Gasteiger partial charge in [0.25, 0.3) is 0 Å². The molecule has 0 spiro atoms. The van der Waals surface area contributed by atoms with Gasteiger partial charge in [0.2, 0.25) is 15.9 Å². The van der Waals surface area contributed by atoms with Crippen molar-refractivity contribution in [2.45, 2.75) is 50.5 Å². The van der Waals surface area contributed by atoms with Gasteiger partial charge in [0, 0.05) is 11.7 Å². The van der Waals surface area contributed by atoms with E-state index in [1.165, 1.54) is 18.6 Å². The number of amides is 1. The summed E-state index contributed by atoms with van der Waals surface area (Å²) in [6.45, 7) is 6.06. The molecule has 1 aliphatic rings. The van der Waals surface area contributed by atoms with Crippen LogP contribution in [-0.2, 0) is 14.8 Å². The normalized spacial score (nSPS) is 17.4. The predicted octanol–water partition coefficient (Wildman–Crippen LogP) is 2.19. The van der Waals surface area contributed by atoms with Crippen molar-refractivity contribution in [3.8, 4) is 0 Å². The number of carbonyl (C=O) groups excluding carboxylic acids is 1. The Hall–Kier alpha value is -1.44. The molecule has 2 N–H and O–H groups in total. The number of rotatable bonds is 7. The van der Waals surface area contributed by atoms with Gasteiger partial charge in [-0.05, 0) is 63.5 Å². The first-order valence-corrected chi connectivity index (χ1v) is 10.0. The minimum absolute atomic E-state index is 0.0646. The third-order valence-electron chi connectivity index (χ3n) is 4.23. The van der Waals surface area contributed by atoms with Crippen LogP contribution in [0.1, 0.15) is 39.5 Å². The summed E-state index contributed by atoms with van der Waals surface area (Å²) in [6.07, 6.45) is 4.24. The van der Waals surface area contributed by atoms with Crippen molar-refractivity contribution in [2.75, 3.05) is 25.0 Å². The number of nitrogens with zero attached hydrogens (tertiary/aromatic N) is 1. The number of anilines is 1. The van der Waals surface area contributed by atoms with Crippen molar-refractivity contribution in [3.63, 3.8) is 0 Å². The van der Waals surface area contributed by atoms with E-state index in [2.05, 4.69) is 14.9 Å². The largest absolute Gasteiger partial charge is 0.325 e. The predicted molar refractivity (Wildman–Crippen MR) is 95.4 cm³/mol. The minimum Gasteiger partial charge on any atom is -0.325 e. The third-order valence-corrected chi connectivity index (χ3v) is 5.84. The number of nitrogens with one attached hydrogen (secondary N) is 2. The Morgan fingerprint density at radius 1 is 1.17 bits per heavy atom. The zero-order valence-electron chi connectivity index (χ0n) is 14.4. The minimum atomic E-state index is -3.51. The molecule has 0 saturated carbocycles. The van der Waals surface area contributed by atoms with Crippen LogP contribution in [-0.4, -0.2) is 44.9 Å². The first-order valence-electron chi connectivity index (χ1n) is 8.55. The summed E-state index contributed by atoms with van der Waals surface area (Å²) < 4.78 is 27.0. The first kappa shape index (κ1) is 18.9. The lowest BCUT2D eigenvalue weighted by molar-refractivity contribution is -0.117. The average Bonchev–Trinajstić information content (AvgIpc) is 2.55. The molecule has 2 rings (SSSR count). The molecular formula is C17H27N3O3S. The van der Waals surface area contributed by atoms with Gasteiger partial charge in [-0.1, -0.05) is 13.3 Å². The first-order chi connectivity index (χ1) is 11.4. The van der Waals surface area contributed by atoms with Gasteiger partial charge in [0.15, 0.2) is 0 Å². The van der Waals surface area contributed by atoms with E-state index in [4.69, 9.17) is 0 Å². The summed E-state index contributed by atoms with van der Waals surface area (Å²) in [4.78, 5) is 14.4. The van der Waals surface area contributed by atoms with Gasteiger partial charge in [0.1, 0.15) is 0 Å². The molecule has 1 heterocycles. The maximum absolute atomic E-state index is 12.2. The molecule has 1 aromatic rings. The summed E-state index contributed by atoms with van der Waals surface area (Å²) in [7, 11) is -3.51. The van der Waals surface area contributed by atoms with E-state index in [1.807, 2.05) is 13.8 Å². The standard InChI is InChI=1S/C17H27N3O3S/c1-3-14(2)19-24(22,23)16-9-7-15(8-10-16)18-17(21)13-20-11-5-4-6-12-20/h7-10,14,19H,3-6,11-13H2,1-2H3,(H,18,21)/t14-/m1/s1. The van der Waals surface area contributed by atoms with Crippen molar-refractivity contribution in [1.29, 1.82) is 0 Å². The fourth-order valence-electron chi connectivity index (χ4n) is 2.65. The number of likely N-dealkylation sites (tertiary alicyclic amines) is 1. The molecular weight excluding hydrogens is 326 g/mol. The highest BCUT2D eigenvalue weighted by molar-refractivity contribution is 7.89. The summed E-state index contributed by atoms with van der Waals surface area (Å²) in [5.74, 6) is -0.0646. The van der Waals surface area contributed by atoms with Crippen LogP contribution in [0.2, 0.25) is 0 Å². The van der Waals surface area contributed by atoms with Crippen LogP contribution >= 0.6 is 0 Å². The second kappa shape index (κ2) is 8.60. The SMILES string of the molecule is CC[C@@H](C)NS(=O)(=O)c1ccc(NC(=O)CN2CCCCC2)cc1.